The molecule has 2 aliphatic rings. The molecule has 0 amide bonds. The largest absolute Gasteiger partial charge is 0.481 e. The van der Waals surface area contributed by atoms with E-state index in [9.17, 15) is 18.0 Å². The minimum Gasteiger partial charge on any atom is -0.481 e. The molecule has 1 aromatic heterocycles. The fourth-order valence-electron chi connectivity index (χ4n) is 5.22. The van der Waals surface area contributed by atoms with Crippen molar-refractivity contribution >= 4 is 40.1 Å². The lowest BCUT2D eigenvalue weighted by molar-refractivity contribution is -0.139. The molecule has 10 heteroatoms. The Hall–Kier alpha value is -2.45. The maximum Gasteiger partial charge on any atom is 0.416 e. The van der Waals surface area contributed by atoms with Gasteiger partial charge in [-0.15, -0.1) is 0 Å². The Morgan fingerprint density at radius 2 is 1.89 bits per heavy atom. The average molecular weight is 542 g/mol. The van der Waals surface area contributed by atoms with Crippen molar-refractivity contribution in [2.24, 2.45) is 13.0 Å². The Morgan fingerprint density at radius 3 is 2.50 bits per heavy atom. The zero-order chi connectivity index (χ0) is 26.4. The minimum atomic E-state index is -4.44. The molecule has 2 aromatic rings. The molecule has 0 spiro atoms. The summed E-state index contributed by atoms with van der Waals surface area (Å²) in [6, 6.07) is 2.26. The maximum atomic E-state index is 13.3. The number of benzene rings is 1. The van der Waals surface area contributed by atoms with Crippen molar-refractivity contribution in [3.05, 3.63) is 62.4 Å². The van der Waals surface area contributed by atoms with Crippen LogP contribution >= 0.6 is 23.2 Å². The van der Waals surface area contributed by atoms with Crippen LogP contribution in [0.4, 0.5) is 13.2 Å². The van der Waals surface area contributed by atoms with Crippen LogP contribution < -0.4 is 0 Å². The number of nitrogens with zero attached hydrogens (tertiary/aromatic N) is 3. The van der Waals surface area contributed by atoms with E-state index in [1.54, 1.807) is 14.0 Å². The van der Waals surface area contributed by atoms with Crippen LogP contribution in [0.15, 0.2) is 45.6 Å². The first-order valence-corrected chi connectivity index (χ1v) is 12.6. The van der Waals surface area contributed by atoms with Crippen LogP contribution in [-0.4, -0.2) is 38.8 Å². The summed E-state index contributed by atoms with van der Waals surface area (Å²) in [5.74, 6) is -0.618. The van der Waals surface area contributed by atoms with E-state index in [2.05, 4.69) is 16.6 Å². The Kier molecular flexibility index (Phi) is 7.49. The summed E-state index contributed by atoms with van der Waals surface area (Å²) in [6.07, 6.45) is -1.21. The standard InChI is InChI=1S/C26H28Cl2F3N3O2/c1-14-10-17(26(29,30)31)12-22-24(14)21(32-33(22)3)13-19-20(27)5-4-18(25(19)28)15(2)34-8-6-16(7-9-34)11-23(35)36/h10,12,16H,2,4-9,11,13H2,1,3H3,(H,35,36). The van der Waals surface area contributed by atoms with Crippen molar-refractivity contribution in [3.63, 3.8) is 0 Å². The van der Waals surface area contributed by atoms with Crippen molar-refractivity contribution in [2.45, 2.75) is 51.6 Å². The van der Waals surface area contributed by atoms with Gasteiger partial charge in [0.1, 0.15) is 0 Å². The van der Waals surface area contributed by atoms with Crippen molar-refractivity contribution in [1.82, 2.24) is 14.7 Å². The van der Waals surface area contributed by atoms with Crippen LogP contribution in [0.3, 0.4) is 0 Å². The predicted octanol–water partition coefficient (Wildman–Crippen LogP) is 6.92. The molecule has 1 fully saturated rings. The zero-order valence-electron chi connectivity index (χ0n) is 20.2. The summed E-state index contributed by atoms with van der Waals surface area (Å²) in [7, 11) is 1.63. The highest BCUT2D eigenvalue weighted by atomic mass is 35.5. The number of hydrogen-bond donors (Lipinski definition) is 1. The van der Waals surface area contributed by atoms with E-state index in [0.717, 1.165) is 36.2 Å². The number of fused-ring (bicyclic) bond motifs is 1. The van der Waals surface area contributed by atoms with E-state index in [1.165, 1.54) is 4.68 Å². The number of aliphatic carboxylic acids is 1. The number of rotatable bonds is 6. The third-order valence-electron chi connectivity index (χ3n) is 7.15. The summed E-state index contributed by atoms with van der Waals surface area (Å²) < 4.78 is 41.5. The first-order valence-electron chi connectivity index (χ1n) is 11.8. The molecule has 1 saturated heterocycles. The van der Waals surface area contributed by atoms with E-state index in [1.807, 2.05) is 0 Å². The highest BCUT2D eigenvalue weighted by Crippen LogP contribution is 2.42. The fraction of sp³-hybridized carbons (Fsp3) is 0.462. The second-order valence-electron chi connectivity index (χ2n) is 9.58. The lowest BCUT2D eigenvalue weighted by atomic mass is 9.90. The van der Waals surface area contributed by atoms with Gasteiger partial charge in [-0.3, -0.25) is 9.48 Å². The number of hydrogen-bond acceptors (Lipinski definition) is 3. The van der Waals surface area contributed by atoms with Gasteiger partial charge in [-0.05, 0) is 67.4 Å². The highest BCUT2D eigenvalue weighted by Gasteiger charge is 2.32. The number of carboxylic acid groups (broad SMARTS) is 1. The number of allylic oxidation sites excluding steroid dienone is 4. The van der Waals surface area contributed by atoms with Gasteiger partial charge >= 0.3 is 12.1 Å². The Labute approximate surface area is 217 Å². The Morgan fingerprint density at radius 1 is 1.22 bits per heavy atom. The lowest BCUT2D eigenvalue weighted by Gasteiger charge is -2.36. The van der Waals surface area contributed by atoms with Gasteiger partial charge in [0, 0.05) is 49.1 Å². The topological polar surface area (TPSA) is 58.4 Å². The van der Waals surface area contributed by atoms with E-state index < -0.39 is 17.7 Å². The molecule has 0 atom stereocenters. The van der Waals surface area contributed by atoms with Gasteiger partial charge in [-0.2, -0.15) is 18.3 Å². The van der Waals surface area contributed by atoms with Gasteiger partial charge in [-0.25, -0.2) is 0 Å². The number of alkyl halides is 3. The van der Waals surface area contributed by atoms with Crippen LogP contribution in [0.2, 0.25) is 0 Å². The SMILES string of the molecule is C=C(C1=C(Cl)C(Cc2nn(C)c3cc(C(F)(F)F)cc(C)c23)=C(Cl)CC1)N1CCC(CC(=O)O)CC1. The molecule has 194 valence electrons. The second-order valence-corrected chi connectivity index (χ2v) is 10.4. The fourth-order valence-corrected chi connectivity index (χ4v) is 5.91. The number of likely N-dealkylation sites (tertiary alicyclic amines) is 1. The van der Waals surface area contributed by atoms with Crippen molar-refractivity contribution in [3.8, 4) is 0 Å². The molecule has 5 nitrogen and oxygen atoms in total. The molecular formula is C26H28Cl2F3N3O2. The van der Waals surface area contributed by atoms with Crippen LogP contribution in [0.25, 0.3) is 10.9 Å². The molecule has 0 unspecified atom stereocenters. The first-order chi connectivity index (χ1) is 16.9. The van der Waals surface area contributed by atoms with Crippen molar-refractivity contribution < 1.29 is 23.1 Å². The number of piperidine rings is 1. The van der Waals surface area contributed by atoms with E-state index in [0.29, 0.717) is 70.1 Å². The van der Waals surface area contributed by atoms with Crippen molar-refractivity contribution in [2.75, 3.05) is 13.1 Å². The first kappa shape index (κ1) is 26.6. The molecule has 0 radical (unpaired) electrons. The summed E-state index contributed by atoms with van der Waals surface area (Å²) in [5.41, 5.74) is 3.22. The normalized spacial score (nSPS) is 17.9. The summed E-state index contributed by atoms with van der Waals surface area (Å²) >= 11 is 13.5. The molecule has 2 heterocycles. The molecular weight excluding hydrogens is 514 g/mol. The van der Waals surface area contributed by atoms with Crippen LogP contribution in [0, 0.1) is 12.8 Å². The Bertz CT molecular complexity index is 1290. The molecule has 1 N–H and O–H groups in total. The monoisotopic (exact) mass is 541 g/mol. The van der Waals surface area contributed by atoms with E-state index in [-0.39, 0.29) is 12.3 Å². The summed E-state index contributed by atoms with van der Waals surface area (Å²) in [6.45, 7) is 7.35. The number of aromatic nitrogens is 2. The number of carboxylic acids is 1. The number of carbonyl (C=O) groups is 1. The number of halogens is 5. The van der Waals surface area contributed by atoms with Crippen LogP contribution in [-0.2, 0) is 24.4 Å². The average Bonchev–Trinajstić information content (AvgIpc) is 3.11. The molecule has 0 bridgehead atoms. The van der Waals surface area contributed by atoms with E-state index in [4.69, 9.17) is 28.3 Å². The zero-order valence-corrected chi connectivity index (χ0v) is 21.7. The third kappa shape index (κ3) is 5.30. The second kappa shape index (κ2) is 10.1. The van der Waals surface area contributed by atoms with Crippen LogP contribution in [0.1, 0.15) is 48.9 Å². The quantitative estimate of drug-likeness (QED) is 0.431. The maximum absolute atomic E-state index is 13.3. The molecule has 1 aromatic carbocycles. The summed E-state index contributed by atoms with van der Waals surface area (Å²) in [5, 5.41) is 15.4. The van der Waals surface area contributed by atoms with Gasteiger partial charge < -0.3 is 10.0 Å². The third-order valence-corrected chi connectivity index (χ3v) is 8.03. The number of aryl methyl sites for hydroxylation is 2. The smallest absolute Gasteiger partial charge is 0.416 e. The molecule has 36 heavy (non-hydrogen) atoms. The van der Waals surface area contributed by atoms with Crippen molar-refractivity contribution in [1.29, 1.82) is 0 Å². The Balaban J connectivity index is 1.60. The molecule has 1 aliphatic heterocycles. The molecule has 1 aliphatic carbocycles. The summed E-state index contributed by atoms with van der Waals surface area (Å²) in [4.78, 5) is 13.2. The predicted molar refractivity (Wildman–Crippen MR) is 135 cm³/mol. The van der Waals surface area contributed by atoms with Gasteiger partial charge in [0.15, 0.2) is 0 Å². The van der Waals surface area contributed by atoms with Gasteiger partial charge in [0.25, 0.3) is 0 Å². The minimum absolute atomic E-state index is 0.158. The van der Waals surface area contributed by atoms with Gasteiger partial charge in [-0.1, -0.05) is 29.8 Å². The molecule has 0 saturated carbocycles. The highest BCUT2D eigenvalue weighted by molar-refractivity contribution is 6.36. The van der Waals surface area contributed by atoms with E-state index >= 15 is 0 Å². The van der Waals surface area contributed by atoms with Gasteiger partial charge in [0.05, 0.1) is 21.8 Å². The molecule has 4 rings (SSSR count). The van der Waals surface area contributed by atoms with Gasteiger partial charge in [0.2, 0.25) is 0 Å². The van der Waals surface area contributed by atoms with Crippen LogP contribution in [0.5, 0.6) is 0 Å². The lowest BCUT2D eigenvalue weighted by Crippen LogP contribution is -2.34.